The Bertz CT molecular complexity index is 1700. The molecule has 6 unspecified atom stereocenters. The van der Waals surface area contributed by atoms with Crippen molar-refractivity contribution in [1.29, 1.82) is 0 Å². The highest BCUT2D eigenvalue weighted by atomic mass is 35.5. The van der Waals surface area contributed by atoms with Crippen LogP contribution in [-0.2, 0) is 25.6 Å². The highest BCUT2D eigenvalue weighted by molar-refractivity contribution is 6.58. The maximum absolute atomic E-state index is 15.0. The number of phenols is 1. The molecular formula is C29H19Cl2F5N2O5. The normalized spacial score (nSPS) is 31.4. The number of nitrogens with zero attached hydrogens (tertiary/aromatic N) is 1. The number of alkyl halides is 2. The summed E-state index contributed by atoms with van der Waals surface area (Å²) in [6, 6.07) is 4.39. The molecule has 224 valence electrons. The second-order valence-corrected chi connectivity index (χ2v) is 12.1. The number of benzene rings is 2. The van der Waals surface area contributed by atoms with Crippen molar-refractivity contribution in [3.63, 3.8) is 0 Å². The Kier molecular flexibility index (Phi) is 6.55. The minimum atomic E-state index is -2.70. The lowest BCUT2D eigenvalue weighted by Crippen LogP contribution is -2.60. The van der Waals surface area contributed by atoms with Crippen molar-refractivity contribution in [2.45, 2.75) is 34.9 Å². The number of allylic oxidation sites excluding steroid dienone is 3. The summed E-state index contributed by atoms with van der Waals surface area (Å²) >= 11 is 14.0. The van der Waals surface area contributed by atoms with E-state index in [4.69, 9.17) is 23.2 Å². The highest BCUT2D eigenvalue weighted by Crippen LogP contribution is 2.66. The number of hydrogen-bond donors (Lipinski definition) is 2. The number of halogens is 7. The molecule has 0 bridgehead atoms. The number of para-hydroxylation sites is 1. The van der Waals surface area contributed by atoms with Gasteiger partial charge in [0.1, 0.15) is 11.4 Å². The minimum absolute atomic E-state index is 0.00340. The van der Waals surface area contributed by atoms with E-state index in [1.54, 1.807) is 0 Å². The van der Waals surface area contributed by atoms with Crippen LogP contribution in [0.15, 0.2) is 42.5 Å². The molecule has 14 heteroatoms. The Labute approximate surface area is 249 Å². The first-order valence-corrected chi connectivity index (χ1v) is 13.7. The number of carbonyl (C=O) groups excluding carboxylic acids is 4. The van der Waals surface area contributed by atoms with Gasteiger partial charge in [0.15, 0.2) is 33.0 Å². The molecule has 6 rings (SSSR count). The van der Waals surface area contributed by atoms with Crippen LogP contribution < -0.4 is 10.2 Å². The topological polar surface area (TPSA) is 104 Å². The fraction of sp³-hybridized carbons (Fsp3) is 0.310. The van der Waals surface area contributed by atoms with Crippen LogP contribution in [0.3, 0.4) is 0 Å². The van der Waals surface area contributed by atoms with E-state index in [0.717, 1.165) is 0 Å². The molecule has 7 nitrogen and oxygen atoms in total. The zero-order valence-corrected chi connectivity index (χ0v) is 23.2. The van der Waals surface area contributed by atoms with E-state index < -0.39 is 104 Å². The number of anilines is 1. The lowest BCUT2D eigenvalue weighted by atomic mass is 9.56. The van der Waals surface area contributed by atoms with Gasteiger partial charge in [-0.25, -0.2) is 26.9 Å². The van der Waals surface area contributed by atoms with Crippen LogP contribution in [0, 0.1) is 46.8 Å². The van der Waals surface area contributed by atoms with E-state index in [1.165, 1.54) is 30.4 Å². The first kappa shape index (κ1) is 29.3. The van der Waals surface area contributed by atoms with Gasteiger partial charge in [0.25, 0.3) is 11.8 Å². The van der Waals surface area contributed by atoms with E-state index in [-0.39, 0.29) is 28.9 Å². The summed E-state index contributed by atoms with van der Waals surface area (Å²) in [6.07, 6.45) is 2.53. The third-order valence-corrected chi connectivity index (χ3v) is 10.3. The van der Waals surface area contributed by atoms with Crippen LogP contribution in [0.5, 0.6) is 5.75 Å². The van der Waals surface area contributed by atoms with Crippen LogP contribution in [0.1, 0.15) is 29.9 Å². The summed E-state index contributed by atoms with van der Waals surface area (Å²) in [7, 11) is 0. The maximum Gasteiger partial charge on any atom is 0.258 e. The molecule has 4 amide bonds. The summed E-state index contributed by atoms with van der Waals surface area (Å²) < 4.78 is 72.4. The smallest absolute Gasteiger partial charge is 0.258 e. The quantitative estimate of drug-likeness (QED) is 0.126. The Morgan fingerprint density at radius 1 is 0.953 bits per heavy atom. The molecule has 0 spiro atoms. The van der Waals surface area contributed by atoms with E-state index in [0.29, 0.717) is 5.56 Å². The lowest BCUT2D eigenvalue weighted by Gasteiger charge is -2.50. The first-order chi connectivity index (χ1) is 20.2. The average molecular weight is 641 g/mol. The second-order valence-electron chi connectivity index (χ2n) is 10.9. The molecule has 2 aliphatic heterocycles. The number of aromatic hydroxyl groups is 1. The van der Waals surface area contributed by atoms with Gasteiger partial charge >= 0.3 is 0 Å². The fourth-order valence-electron chi connectivity index (χ4n) is 6.99. The predicted octanol–water partition coefficient (Wildman–Crippen LogP) is 4.67. The van der Waals surface area contributed by atoms with Gasteiger partial charge in [-0.1, -0.05) is 35.9 Å². The number of phenolic OH excluding ortho intramolecular Hbond substituents is 1. The molecule has 2 aliphatic carbocycles. The third kappa shape index (κ3) is 3.59. The van der Waals surface area contributed by atoms with Gasteiger partial charge in [0.2, 0.25) is 17.6 Å². The largest absolute Gasteiger partial charge is 0.507 e. The van der Waals surface area contributed by atoms with Crippen LogP contribution in [0.4, 0.5) is 27.6 Å². The van der Waals surface area contributed by atoms with Gasteiger partial charge in [-0.3, -0.25) is 24.5 Å². The number of carbonyl (C=O) groups is 4. The Hall–Kier alpha value is -3.77. The molecule has 1 saturated carbocycles. The van der Waals surface area contributed by atoms with Crippen LogP contribution >= 0.6 is 23.2 Å². The summed E-state index contributed by atoms with van der Waals surface area (Å²) in [5, 5.41) is 13.5. The Morgan fingerprint density at radius 3 is 2.21 bits per heavy atom. The Morgan fingerprint density at radius 2 is 1.58 bits per heavy atom. The fourth-order valence-corrected chi connectivity index (χ4v) is 7.91. The number of fused-ring (bicyclic) bond motifs is 4. The number of nitrogens with one attached hydrogen (secondary N) is 1. The van der Waals surface area contributed by atoms with Crippen molar-refractivity contribution in [2.24, 2.45) is 17.8 Å². The Balaban J connectivity index is 1.64. The van der Waals surface area contributed by atoms with Crippen molar-refractivity contribution < 1.29 is 46.2 Å². The molecule has 2 aromatic rings. The van der Waals surface area contributed by atoms with Crippen molar-refractivity contribution in [3.05, 3.63) is 82.7 Å². The van der Waals surface area contributed by atoms with Crippen molar-refractivity contribution >= 4 is 52.5 Å². The van der Waals surface area contributed by atoms with E-state index in [9.17, 15) is 37.5 Å². The van der Waals surface area contributed by atoms with Gasteiger partial charge in [0.05, 0.1) is 11.8 Å². The van der Waals surface area contributed by atoms with E-state index in [2.05, 4.69) is 11.9 Å². The highest BCUT2D eigenvalue weighted by Gasteiger charge is 2.77. The molecule has 3 fully saturated rings. The molecule has 6 atom stereocenters. The number of rotatable bonds is 4. The monoisotopic (exact) mass is 640 g/mol. The molecule has 43 heavy (non-hydrogen) atoms. The zero-order valence-electron chi connectivity index (χ0n) is 21.7. The number of amides is 4. The molecule has 2 N–H and O–H groups in total. The molecule has 4 aliphatic rings. The molecule has 0 radical (unpaired) electrons. The average Bonchev–Trinajstić information content (AvgIpc) is 3.34. The molecule has 2 saturated heterocycles. The molecule has 0 aromatic heterocycles. The SMILES string of the molecule is C=CCc1cccc(C2C3=CCC4C(=O)NC(=O)C4C3CC3(Cl)C(=O)N(c4c(F)c(F)c(F)c(F)c4F)C(=O)C23Cl)c1O. The van der Waals surface area contributed by atoms with Gasteiger partial charge in [-0.05, 0) is 30.7 Å². The molecular weight excluding hydrogens is 622 g/mol. The number of imide groups is 2. The lowest BCUT2D eigenvalue weighted by molar-refractivity contribution is -0.127. The van der Waals surface area contributed by atoms with Gasteiger partial charge < -0.3 is 5.11 Å². The minimum Gasteiger partial charge on any atom is -0.507 e. The van der Waals surface area contributed by atoms with Crippen molar-refractivity contribution in [3.8, 4) is 5.75 Å². The maximum atomic E-state index is 15.0. The van der Waals surface area contributed by atoms with Crippen molar-refractivity contribution in [2.75, 3.05) is 4.90 Å². The number of hydrogen-bond acceptors (Lipinski definition) is 5. The van der Waals surface area contributed by atoms with Crippen LogP contribution in [0.2, 0.25) is 0 Å². The summed E-state index contributed by atoms with van der Waals surface area (Å²) in [5.74, 6) is -21.7. The van der Waals surface area contributed by atoms with Gasteiger partial charge in [-0.2, -0.15) is 0 Å². The molecule has 2 heterocycles. The summed E-state index contributed by atoms with van der Waals surface area (Å²) in [5.41, 5.74) is -1.37. The predicted molar refractivity (Wildman–Crippen MR) is 142 cm³/mol. The van der Waals surface area contributed by atoms with Crippen molar-refractivity contribution in [1.82, 2.24) is 5.32 Å². The molecule has 2 aromatic carbocycles. The standard InChI is InChI=1S/C29H19Cl2F5N2O5/c1-2-4-10-5-3-6-13(23(10)39)16-11-7-8-12-15(25(41)37-24(12)40)14(11)9-28(30)26(42)38(27(43)29(16,28)31)22-20(35)18(33)17(32)19(34)21(22)36/h2-3,5-7,12,14-16,39H,1,4,8-9H2,(H,37,40,41). The summed E-state index contributed by atoms with van der Waals surface area (Å²) in [4.78, 5) is 48.0. The second kappa shape index (κ2) is 9.62. The van der Waals surface area contributed by atoms with Gasteiger partial charge in [0, 0.05) is 11.5 Å². The van der Waals surface area contributed by atoms with E-state index >= 15 is 8.78 Å². The zero-order chi connectivity index (χ0) is 31.3. The first-order valence-electron chi connectivity index (χ1n) is 13.0. The van der Waals surface area contributed by atoms with Crippen LogP contribution in [0.25, 0.3) is 0 Å². The summed E-state index contributed by atoms with van der Waals surface area (Å²) in [6.45, 7) is 3.63. The van der Waals surface area contributed by atoms with E-state index in [1.807, 2.05) is 0 Å². The van der Waals surface area contributed by atoms with Gasteiger partial charge in [-0.15, -0.1) is 29.8 Å². The third-order valence-electron chi connectivity index (χ3n) is 8.89. The van der Waals surface area contributed by atoms with Crippen LogP contribution in [-0.4, -0.2) is 38.5 Å².